The highest BCUT2D eigenvalue weighted by Gasteiger charge is 2.31. The van der Waals surface area contributed by atoms with E-state index in [1.807, 2.05) is 13.8 Å². The number of hydrogen-bond acceptors (Lipinski definition) is 8. The summed E-state index contributed by atoms with van der Waals surface area (Å²) in [5.41, 5.74) is 11.2. The molecule has 0 aromatic heterocycles. The van der Waals surface area contributed by atoms with E-state index >= 15 is 0 Å². The van der Waals surface area contributed by atoms with Crippen molar-refractivity contribution in [3.8, 4) is 5.75 Å². The zero-order chi connectivity index (χ0) is 33.4. The zero-order valence-corrected chi connectivity index (χ0v) is 25.0. The van der Waals surface area contributed by atoms with Gasteiger partial charge in [0.05, 0.1) is 0 Å². The van der Waals surface area contributed by atoms with Crippen molar-refractivity contribution in [2.24, 2.45) is 22.4 Å². The van der Waals surface area contributed by atoms with Crippen molar-refractivity contribution in [2.75, 3.05) is 6.54 Å². The fourth-order valence-electron chi connectivity index (χ4n) is 4.14. The fraction of sp³-hybridized carbons (Fsp3) is 0.536. The van der Waals surface area contributed by atoms with Crippen LogP contribution in [0, 0.1) is 5.92 Å². The number of nitrogens with zero attached hydrogens (tertiary/aromatic N) is 1. The number of phenols is 1. The van der Waals surface area contributed by atoms with Gasteiger partial charge in [-0.2, -0.15) is 0 Å². The van der Waals surface area contributed by atoms with Gasteiger partial charge in [-0.25, -0.2) is 4.79 Å². The highest BCUT2D eigenvalue weighted by Crippen LogP contribution is 2.13. The summed E-state index contributed by atoms with van der Waals surface area (Å²) in [4.78, 5) is 78.2. The summed E-state index contributed by atoms with van der Waals surface area (Å²) in [6.45, 7) is 5.07. The lowest BCUT2D eigenvalue weighted by molar-refractivity contribution is -0.143. The Morgan fingerprint density at radius 1 is 0.795 bits per heavy atom. The molecule has 0 unspecified atom stereocenters. The van der Waals surface area contributed by atoms with E-state index < -0.39 is 72.6 Å². The number of carboxylic acid groups (broad SMARTS) is 2. The fourth-order valence-corrected chi connectivity index (χ4v) is 4.14. The first kappa shape index (κ1) is 37.1. The molecular weight excluding hydrogens is 578 g/mol. The minimum Gasteiger partial charge on any atom is -0.508 e. The third kappa shape index (κ3) is 14.8. The SMILES string of the molecule is CC(=O)N[C@@H](CCCN=C(N)N)C(=O)N[C@@H](CC(C)C)C(=O)N[C@@H](Cc1ccc(O)cc1)C(=O)N[C@@H](CCC(=O)O)C(=O)O. The Balaban J connectivity index is 3.22. The maximum Gasteiger partial charge on any atom is 0.326 e. The molecule has 1 rings (SSSR count). The Morgan fingerprint density at radius 2 is 1.34 bits per heavy atom. The van der Waals surface area contributed by atoms with E-state index in [2.05, 4.69) is 26.3 Å². The Morgan fingerprint density at radius 3 is 1.86 bits per heavy atom. The van der Waals surface area contributed by atoms with Gasteiger partial charge in [0.1, 0.15) is 29.9 Å². The number of carbonyl (C=O) groups excluding carboxylic acids is 4. The molecular formula is C28H43N7O9. The van der Waals surface area contributed by atoms with Crippen LogP contribution < -0.4 is 32.7 Å². The normalized spacial score (nSPS) is 13.5. The molecule has 0 bridgehead atoms. The number of aromatic hydroxyl groups is 1. The average molecular weight is 622 g/mol. The summed E-state index contributed by atoms with van der Waals surface area (Å²) in [6, 6.07) is 0.729. The Bertz CT molecular complexity index is 1180. The van der Waals surface area contributed by atoms with Crippen molar-refractivity contribution in [3.63, 3.8) is 0 Å². The predicted molar refractivity (Wildman–Crippen MR) is 159 cm³/mol. The lowest BCUT2D eigenvalue weighted by Gasteiger charge is -2.27. The minimum atomic E-state index is -1.54. The number of hydrogen-bond donors (Lipinski definition) is 9. The van der Waals surface area contributed by atoms with Gasteiger partial charge in [-0.05, 0) is 49.3 Å². The zero-order valence-electron chi connectivity index (χ0n) is 25.0. The van der Waals surface area contributed by atoms with Crippen LogP contribution in [0.4, 0.5) is 0 Å². The van der Waals surface area contributed by atoms with Crippen LogP contribution in [0.25, 0.3) is 0 Å². The molecule has 0 aliphatic carbocycles. The van der Waals surface area contributed by atoms with Crippen molar-refractivity contribution in [1.29, 1.82) is 0 Å². The maximum absolute atomic E-state index is 13.5. The number of aliphatic imine (C=N–C) groups is 1. The second-order valence-electron chi connectivity index (χ2n) is 10.7. The van der Waals surface area contributed by atoms with Crippen LogP contribution in [0.2, 0.25) is 0 Å². The molecule has 44 heavy (non-hydrogen) atoms. The number of carbonyl (C=O) groups is 6. The summed E-state index contributed by atoms with van der Waals surface area (Å²) in [5.74, 6) is -5.72. The van der Waals surface area contributed by atoms with Crippen LogP contribution in [0.15, 0.2) is 29.3 Å². The highest BCUT2D eigenvalue weighted by atomic mass is 16.4. The van der Waals surface area contributed by atoms with E-state index in [4.69, 9.17) is 16.6 Å². The molecule has 0 aliphatic heterocycles. The van der Waals surface area contributed by atoms with E-state index in [9.17, 15) is 39.0 Å². The lowest BCUT2D eigenvalue weighted by atomic mass is 10.00. The second-order valence-corrected chi connectivity index (χ2v) is 10.7. The van der Waals surface area contributed by atoms with Gasteiger partial charge in [-0.1, -0.05) is 26.0 Å². The molecule has 1 aromatic rings. The van der Waals surface area contributed by atoms with Crippen LogP contribution >= 0.6 is 0 Å². The molecule has 16 nitrogen and oxygen atoms in total. The number of rotatable bonds is 19. The summed E-state index contributed by atoms with van der Waals surface area (Å²) in [7, 11) is 0. The number of aliphatic carboxylic acids is 2. The number of phenolic OH excluding ortho intramolecular Hbond substituents is 1. The molecule has 0 radical (unpaired) electrons. The van der Waals surface area contributed by atoms with Gasteiger partial charge < -0.3 is 48.1 Å². The van der Waals surface area contributed by atoms with Crippen LogP contribution in [0.1, 0.15) is 58.4 Å². The number of benzene rings is 1. The lowest BCUT2D eigenvalue weighted by Crippen LogP contribution is -2.58. The number of carboxylic acids is 2. The first-order chi connectivity index (χ1) is 20.6. The molecule has 244 valence electrons. The van der Waals surface area contributed by atoms with Crippen molar-refractivity contribution in [2.45, 2.75) is 83.5 Å². The smallest absolute Gasteiger partial charge is 0.326 e. The van der Waals surface area contributed by atoms with E-state index in [1.165, 1.54) is 31.2 Å². The summed E-state index contributed by atoms with van der Waals surface area (Å²) in [5, 5.41) is 38.1. The molecule has 4 amide bonds. The van der Waals surface area contributed by atoms with Gasteiger partial charge >= 0.3 is 11.9 Å². The van der Waals surface area contributed by atoms with Crippen molar-refractivity contribution in [3.05, 3.63) is 29.8 Å². The van der Waals surface area contributed by atoms with Crippen molar-refractivity contribution in [1.82, 2.24) is 21.3 Å². The van der Waals surface area contributed by atoms with Gasteiger partial charge in [0.2, 0.25) is 23.6 Å². The number of nitrogens with one attached hydrogen (secondary N) is 4. The number of nitrogens with two attached hydrogens (primary N) is 2. The predicted octanol–water partition coefficient (Wildman–Crippen LogP) is -1.06. The Labute approximate surface area is 255 Å². The van der Waals surface area contributed by atoms with E-state index in [0.29, 0.717) is 12.0 Å². The third-order valence-electron chi connectivity index (χ3n) is 6.25. The molecule has 0 fully saturated rings. The maximum atomic E-state index is 13.5. The molecule has 4 atom stereocenters. The topological polar surface area (TPSA) is 276 Å². The van der Waals surface area contributed by atoms with Crippen LogP contribution in [-0.4, -0.2) is 87.6 Å². The van der Waals surface area contributed by atoms with Gasteiger partial charge in [0.25, 0.3) is 0 Å². The molecule has 0 saturated heterocycles. The van der Waals surface area contributed by atoms with Gasteiger partial charge in [0.15, 0.2) is 5.96 Å². The number of amides is 4. The van der Waals surface area contributed by atoms with Crippen molar-refractivity contribution < 1.29 is 44.1 Å². The largest absolute Gasteiger partial charge is 0.508 e. The third-order valence-corrected chi connectivity index (χ3v) is 6.25. The van der Waals surface area contributed by atoms with Crippen LogP contribution in [-0.2, 0) is 35.2 Å². The van der Waals surface area contributed by atoms with Gasteiger partial charge in [-0.3, -0.25) is 29.0 Å². The summed E-state index contributed by atoms with van der Waals surface area (Å²) in [6.07, 6.45) is -0.366. The van der Waals surface area contributed by atoms with Gasteiger partial charge in [-0.15, -0.1) is 0 Å². The monoisotopic (exact) mass is 621 g/mol. The van der Waals surface area contributed by atoms with E-state index in [-0.39, 0.29) is 43.4 Å². The van der Waals surface area contributed by atoms with Gasteiger partial charge in [0, 0.05) is 26.3 Å². The molecule has 16 heteroatoms. The first-order valence-corrected chi connectivity index (χ1v) is 14.0. The summed E-state index contributed by atoms with van der Waals surface area (Å²) < 4.78 is 0. The van der Waals surface area contributed by atoms with E-state index in [1.54, 1.807) is 0 Å². The molecule has 0 heterocycles. The average Bonchev–Trinajstić information content (AvgIpc) is 2.91. The quantitative estimate of drug-likeness (QED) is 0.0510. The Hall–Kier alpha value is -4.89. The second kappa shape index (κ2) is 18.6. The number of guanidine groups is 1. The highest BCUT2D eigenvalue weighted by molar-refractivity contribution is 5.95. The van der Waals surface area contributed by atoms with Crippen molar-refractivity contribution >= 4 is 41.5 Å². The molecule has 0 spiro atoms. The van der Waals surface area contributed by atoms with Crippen LogP contribution in [0.5, 0.6) is 5.75 Å². The first-order valence-electron chi connectivity index (χ1n) is 14.0. The molecule has 1 aromatic carbocycles. The molecule has 0 saturated carbocycles. The Kier molecular flexibility index (Phi) is 15.7. The van der Waals surface area contributed by atoms with Crippen LogP contribution in [0.3, 0.4) is 0 Å². The molecule has 0 aliphatic rings. The standard InChI is InChI=1S/C28H43N7O9/c1-15(2)13-21(34-24(40)19(32-16(3)36)5-4-12-31-28(29)30)25(41)35-22(14-17-6-8-18(37)9-7-17)26(42)33-20(27(43)44)10-11-23(38)39/h6-9,15,19-22,37H,4-5,10-14H2,1-3H3,(H,32,36)(H,33,42)(H,34,40)(H,35,41)(H,38,39)(H,43,44)(H4,29,30,31)/t19-,20-,21-,22-/m0/s1. The molecule has 11 N–H and O–H groups in total. The van der Waals surface area contributed by atoms with E-state index in [0.717, 1.165) is 0 Å². The summed E-state index contributed by atoms with van der Waals surface area (Å²) >= 11 is 0. The minimum absolute atomic E-state index is 0.0369.